The van der Waals surface area contributed by atoms with Crippen molar-refractivity contribution in [1.82, 2.24) is 5.43 Å². The SMILES string of the molecule is COc1ccc(C(=O)NN=c2oc3ccccc3cc2C(N)=S)cc1. The first-order valence-electron chi connectivity index (χ1n) is 7.39. The Morgan fingerprint density at radius 1 is 1.20 bits per heavy atom. The van der Waals surface area contributed by atoms with Crippen LogP contribution in [0.5, 0.6) is 5.75 Å². The number of nitrogens with two attached hydrogens (primary N) is 1. The fourth-order valence-electron chi connectivity index (χ4n) is 2.24. The monoisotopic (exact) mass is 353 g/mol. The Morgan fingerprint density at radius 3 is 2.60 bits per heavy atom. The fourth-order valence-corrected chi connectivity index (χ4v) is 2.38. The average molecular weight is 353 g/mol. The smallest absolute Gasteiger partial charge is 0.271 e. The molecule has 0 aliphatic heterocycles. The van der Waals surface area contributed by atoms with E-state index in [1.165, 1.54) is 0 Å². The number of para-hydroxylation sites is 1. The second-order valence-corrected chi connectivity index (χ2v) is 5.59. The van der Waals surface area contributed by atoms with Crippen LogP contribution in [0.2, 0.25) is 0 Å². The minimum absolute atomic E-state index is 0.131. The van der Waals surface area contributed by atoms with Crippen molar-refractivity contribution in [1.29, 1.82) is 0 Å². The molecule has 0 fully saturated rings. The van der Waals surface area contributed by atoms with Crippen LogP contribution >= 0.6 is 12.2 Å². The third-order valence-corrected chi connectivity index (χ3v) is 3.75. The highest BCUT2D eigenvalue weighted by Crippen LogP contribution is 2.13. The standard InChI is InChI=1S/C18H15N3O3S/c1-23-13-8-6-11(7-9-13)17(22)20-21-18-14(16(19)25)10-12-4-2-3-5-15(12)24-18/h2-10H,1H3,(H2,19,25)(H,20,22). The summed E-state index contributed by atoms with van der Waals surface area (Å²) in [5, 5.41) is 4.87. The molecule has 6 nitrogen and oxygen atoms in total. The van der Waals surface area contributed by atoms with E-state index in [0.29, 0.717) is 22.5 Å². The maximum Gasteiger partial charge on any atom is 0.271 e. The number of nitrogens with zero attached hydrogens (tertiary/aromatic N) is 1. The van der Waals surface area contributed by atoms with Crippen LogP contribution in [0, 0.1) is 0 Å². The van der Waals surface area contributed by atoms with Gasteiger partial charge in [0.25, 0.3) is 5.91 Å². The maximum atomic E-state index is 12.2. The maximum absolute atomic E-state index is 12.2. The number of rotatable bonds is 4. The van der Waals surface area contributed by atoms with E-state index in [4.69, 9.17) is 27.1 Å². The van der Waals surface area contributed by atoms with Crippen molar-refractivity contribution in [3.8, 4) is 5.75 Å². The second kappa shape index (κ2) is 7.14. The summed E-state index contributed by atoms with van der Waals surface area (Å²) in [5.41, 5.74) is 9.83. The van der Waals surface area contributed by atoms with Crippen molar-refractivity contribution in [2.45, 2.75) is 0 Å². The molecule has 0 aliphatic carbocycles. The number of amides is 1. The van der Waals surface area contributed by atoms with Crippen LogP contribution in [0.25, 0.3) is 11.0 Å². The summed E-state index contributed by atoms with van der Waals surface area (Å²) in [6.07, 6.45) is 0. The highest BCUT2D eigenvalue weighted by molar-refractivity contribution is 7.80. The normalized spacial score (nSPS) is 11.3. The van der Waals surface area contributed by atoms with Crippen molar-refractivity contribution in [3.05, 3.63) is 71.3 Å². The number of thiocarbonyl (C=S) groups is 1. The Labute approximate surface area is 148 Å². The van der Waals surface area contributed by atoms with E-state index in [0.717, 1.165) is 5.39 Å². The van der Waals surface area contributed by atoms with Crippen molar-refractivity contribution in [2.75, 3.05) is 7.11 Å². The lowest BCUT2D eigenvalue weighted by Crippen LogP contribution is -2.26. The molecule has 25 heavy (non-hydrogen) atoms. The van der Waals surface area contributed by atoms with Crippen LogP contribution in [0.1, 0.15) is 15.9 Å². The topological polar surface area (TPSA) is 89.8 Å². The van der Waals surface area contributed by atoms with Crippen LogP contribution < -0.4 is 21.5 Å². The number of carbonyl (C=O) groups excluding carboxylic acids is 1. The Morgan fingerprint density at radius 2 is 1.92 bits per heavy atom. The number of nitrogens with one attached hydrogen (secondary N) is 1. The molecule has 0 aliphatic rings. The van der Waals surface area contributed by atoms with Gasteiger partial charge < -0.3 is 14.9 Å². The van der Waals surface area contributed by atoms with Crippen molar-refractivity contribution in [2.24, 2.45) is 10.8 Å². The van der Waals surface area contributed by atoms with Gasteiger partial charge in [0.2, 0.25) is 5.55 Å². The van der Waals surface area contributed by atoms with E-state index in [9.17, 15) is 4.79 Å². The Balaban J connectivity index is 1.95. The first-order valence-corrected chi connectivity index (χ1v) is 7.80. The number of hydrogen-bond donors (Lipinski definition) is 2. The summed E-state index contributed by atoms with van der Waals surface area (Å²) in [7, 11) is 1.56. The molecule has 0 radical (unpaired) electrons. The number of hydrogen-bond acceptors (Lipinski definition) is 5. The summed E-state index contributed by atoms with van der Waals surface area (Å²) in [6.45, 7) is 0. The zero-order valence-electron chi connectivity index (χ0n) is 13.4. The molecule has 1 heterocycles. The first kappa shape index (κ1) is 16.7. The van der Waals surface area contributed by atoms with Crippen LogP contribution in [-0.2, 0) is 0 Å². The second-order valence-electron chi connectivity index (χ2n) is 5.15. The minimum Gasteiger partial charge on any atom is -0.497 e. The highest BCUT2D eigenvalue weighted by atomic mass is 32.1. The summed E-state index contributed by atoms with van der Waals surface area (Å²) in [5.74, 6) is 0.272. The number of ether oxygens (including phenoxy) is 1. The molecule has 3 aromatic rings. The van der Waals surface area contributed by atoms with Gasteiger partial charge in [0.15, 0.2) is 0 Å². The van der Waals surface area contributed by atoms with Crippen LogP contribution in [-0.4, -0.2) is 18.0 Å². The number of methoxy groups -OCH3 is 1. The van der Waals surface area contributed by atoms with Crippen molar-refractivity contribution < 1.29 is 13.9 Å². The van der Waals surface area contributed by atoms with Crippen molar-refractivity contribution >= 4 is 34.1 Å². The van der Waals surface area contributed by atoms with E-state index in [1.807, 2.05) is 18.2 Å². The lowest BCUT2D eigenvalue weighted by atomic mass is 10.2. The van der Waals surface area contributed by atoms with Gasteiger partial charge in [0.1, 0.15) is 16.3 Å². The molecular formula is C18H15N3O3S. The molecule has 1 amide bonds. The van der Waals surface area contributed by atoms with Gasteiger partial charge in [-0.05, 0) is 36.4 Å². The van der Waals surface area contributed by atoms with Gasteiger partial charge in [0.05, 0.1) is 12.7 Å². The fraction of sp³-hybridized carbons (Fsp3) is 0.0556. The van der Waals surface area contributed by atoms with Gasteiger partial charge in [-0.1, -0.05) is 30.4 Å². The first-order chi connectivity index (χ1) is 12.1. The molecule has 2 aromatic carbocycles. The number of carbonyl (C=O) groups is 1. The van der Waals surface area contributed by atoms with Gasteiger partial charge in [-0.15, -0.1) is 5.10 Å². The van der Waals surface area contributed by atoms with E-state index in [1.54, 1.807) is 43.5 Å². The molecule has 126 valence electrons. The Hall–Kier alpha value is -3.19. The molecule has 3 N–H and O–H groups in total. The quantitative estimate of drug-likeness (QED) is 0.555. The van der Waals surface area contributed by atoms with Gasteiger partial charge in [-0.3, -0.25) is 4.79 Å². The number of benzene rings is 2. The minimum atomic E-state index is -0.389. The highest BCUT2D eigenvalue weighted by Gasteiger charge is 2.08. The molecule has 3 rings (SSSR count). The molecule has 0 unspecified atom stereocenters. The summed E-state index contributed by atoms with van der Waals surface area (Å²) in [4.78, 5) is 12.3. The Bertz CT molecular complexity index is 1010. The molecule has 7 heteroatoms. The zero-order valence-corrected chi connectivity index (χ0v) is 14.2. The third kappa shape index (κ3) is 3.67. The van der Waals surface area contributed by atoms with E-state index in [-0.39, 0.29) is 16.4 Å². The number of fused-ring (bicyclic) bond motifs is 1. The molecule has 0 bridgehead atoms. The largest absolute Gasteiger partial charge is 0.497 e. The summed E-state index contributed by atoms with van der Waals surface area (Å²) >= 11 is 5.04. The lowest BCUT2D eigenvalue weighted by Gasteiger charge is -2.04. The summed E-state index contributed by atoms with van der Waals surface area (Å²) in [6, 6.07) is 15.8. The average Bonchev–Trinajstić information content (AvgIpc) is 2.65. The predicted molar refractivity (Wildman–Crippen MR) is 98.1 cm³/mol. The van der Waals surface area contributed by atoms with E-state index < -0.39 is 0 Å². The van der Waals surface area contributed by atoms with Gasteiger partial charge in [-0.25, -0.2) is 5.43 Å². The molecular weight excluding hydrogens is 338 g/mol. The molecule has 0 saturated carbocycles. The van der Waals surface area contributed by atoms with E-state index >= 15 is 0 Å². The predicted octanol–water partition coefficient (Wildman–Crippen LogP) is 2.32. The molecule has 1 aromatic heterocycles. The van der Waals surface area contributed by atoms with Crippen LogP contribution in [0.15, 0.2) is 64.1 Å². The molecule has 0 spiro atoms. The van der Waals surface area contributed by atoms with Gasteiger partial charge in [-0.2, -0.15) is 0 Å². The van der Waals surface area contributed by atoms with Gasteiger partial charge in [0, 0.05) is 10.9 Å². The van der Waals surface area contributed by atoms with Gasteiger partial charge >= 0.3 is 0 Å². The lowest BCUT2D eigenvalue weighted by molar-refractivity contribution is 0.0951. The zero-order chi connectivity index (χ0) is 17.8. The Kier molecular flexibility index (Phi) is 4.76. The van der Waals surface area contributed by atoms with Crippen LogP contribution in [0.4, 0.5) is 0 Å². The van der Waals surface area contributed by atoms with E-state index in [2.05, 4.69) is 10.5 Å². The third-order valence-electron chi connectivity index (χ3n) is 3.53. The molecule has 0 saturated heterocycles. The molecule has 0 atom stereocenters. The summed E-state index contributed by atoms with van der Waals surface area (Å²) < 4.78 is 10.8. The van der Waals surface area contributed by atoms with Crippen LogP contribution in [0.3, 0.4) is 0 Å². The van der Waals surface area contributed by atoms with Crippen molar-refractivity contribution in [3.63, 3.8) is 0 Å².